The Kier molecular flexibility index (Phi) is 5.12. The van der Waals surface area contributed by atoms with Crippen LogP contribution in [0.3, 0.4) is 0 Å². The third-order valence-electron chi connectivity index (χ3n) is 2.03. The molecule has 0 unspecified atom stereocenters. The molecular formula is C11H9F5O4. The van der Waals surface area contributed by atoms with Crippen LogP contribution in [0.1, 0.15) is 12.0 Å². The minimum atomic E-state index is -4.99. The van der Waals surface area contributed by atoms with Crippen LogP contribution in [-0.2, 0) is 11.2 Å². The van der Waals surface area contributed by atoms with E-state index in [0.717, 1.165) is 12.1 Å². The van der Waals surface area contributed by atoms with Gasteiger partial charge in [-0.3, -0.25) is 4.79 Å². The largest absolute Gasteiger partial charge is 0.573 e. The maximum Gasteiger partial charge on any atom is 0.573 e. The number of ether oxygens (including phenoxy) is 2. The molecular weight excluding hydrogens is 291 g/mol. The van der Waals surface area contributed by atoms with Gasteiger partial charge in [0, 0.05) is 12.5 Å². The van der Waals surface area contributed by atoms with E-state index in [1.54, 1.807) is 0 Å². The van der Waals surface area contributed by atoms with Gasteiger partial charge in [-0.25, -0.2) is 0 Å². The molecule has 0 spiro atoms. The average Bonchev–Trinajstić information content (AvgIpc) is 2.22. The van der Waals surface area contributed by atoms with Gasteiger partial charge in [0.2, 0.25) is 0 Å². The number of carbonyl (C=O) groups is 1. The SMILES string of the molecule is O=C(O)CCc1cc(OC(F)F)cc(OC(F)(F)F)c1. The Labute approximate surface area is 109 Å². The van der Waals surface area contributed by atoms with E-state index in [9.17, 15) is 26.7 Å². The second kappa shape index (κ2) is 6.40. The van der Waals surface area contributed by atoms with Gasteiger partial charge in [-0.1, -0.05) is 0 Å². The number of rotatable bonds is 6. The van der Waals surface area contributed by atoms with Gasteiger partial charge in [0.05, 0.1) is 0 Å². The number of aryl methyl sites for hydroxylation is 1. The Morgan fingerprint density at radius 1 is 1.20 bits per heavy atom. The predicted molar refractivity (Wildman–Crippen MR) is 55.7 cm³/mol. The summed E-state index contributed by atoms with van der Waals surface area (Å²) < 4.78 is 67.9. The average molecular weight is 300 g/mol. The van der Waals surface area contributed by atoms with Gasteiger partial charge in [0.25, 0.3) is 0 Å². The monoisotopic (exact) mass is 300 g/mol. The number of hydrogen-bond acceptors (Lipinski definition) is 3. The summed E-state index contributed by atoms with van der Waals surface area (Å²) in [5, 5.41) is 8.48. The molecule has 0 aliphatic carbocycles. The molecule has 0 saturated heterocycles. The zero-order valence-corrected chi connectivity index (χ0v) is 9.79. The van der Waals surface area contributed by atoms with E-state index in [0.29, 0.717) is 6.07 Å². The zero-order chi connectivity index (χ0) is 15.3. The van der Waals surface area contributed by atoms with Crippen molar-refractivity contribution in [1.82, 2.24) is 0 Å². The van der Waals surface area contributed by atoms with E-state index in [-0.39, 0.29) is 18.4 Å². The van der Waals surface area contributed by atoms with E-state index in [1.807, 2.05) is 0 Å². The number of aliphatic carboxylic acids is 1. The van der Waals surface area contributed by atoms with E-state index < -0.39 is 30.4 Å². The Morgan fingerprint density at radius 2 is 1.80 bits per heavy atom. The van der Waals surface area contributed by atoms with Crippen LogP contribution in [-0.4, -0.2) is 24.0 Å². The Hall–Kier alpha value is -2.06. The van der Waals surface area contributed by atoms with Crippen molar-refractivity contribution in [2.24, 2.45) is 0 Å². The van der Waals surface area contributed by atoms with Crippen molar-refractivity contribution < 1.29 is 41.3 Å². The topological polar surface area (TPSA) is 55.8 Å². The first-order valence-corrected chi connectivity index (χ1v) is 5.22. The summed E-state index contributed by atoms with van der Waals surface area (Å²) in [4.78, 5) is 10.4. The summed E-state index contributed by atoms with van der Waals surface area (Å²) in [6.45, 7) is -3.22. The van der Waals surface area contributed by atoms with E-state index in [2.05, 4.69) is 9.47 Å². The fourth-order valence-corrected chi connectivity index (χ4v) is 1.39. The van der Waals surface area contributed by atoms with Gasteiger partial charge >= 0.3 is 18.9 Å². The van der Waals surface area contributed by atoms with Crippen LogP contribution in [0.25, 0.3) is 0 Å². The molecule has 20 heavy (non-hydrogen) atoms. The van der Waals surface area contributed by atoms with Gasteiger partial charge in [-0.05, 0) is 24.1 Å². The summed E-state index contributed by atoms with van der Waals surface area (Å²) in [6, 6.07) is 2.58. The van der Waals surface area contributed by atoms with Crippen LogP contribution in [0.15, 0.2) is 18.2 Å². The molecule has 0 aromatic heterocycles. The molecule has 0 amide bonds. The lowest BCUT2D eigenvalue weighted by atomic mass is 10.1. The van der Waals surface area contributed by atoms with Crippen LogP contribution in [0.5, 0.6) is 11.5 Å². The summed E-state index contributed by atoms with van der Waals surface area (Å²) >= 11 is 0. The molecule has 0 aliphatic rings. The summed E-state index contributed by atoms with van der Waals surface area (Å²) in [5.74, 6) is -2.47. The smallest absolute Gasteiger partial charge is 0.481 e. The molecule has 0 heterocycles. The van der Waals surface area contributed by atoms with Crippen molar-refractivity contribution in [3.8, 4) is 11.5 Å². The fraction of sp³-hybridized carbons (Fsp3) is 0.364. The molecule has 4 nitrogen and oxygen atoms in total. The highest BCUT2D eigenvalue weighted by Gasteiger charge is 2.31. The van der Waals surface area contributed by atoms with E-state index in [4.69, 9.17) is 5.11 Å². The van der Waals surface area contributed by atoms with Crippen molar-refractivity contribution in [3.05, 3.63) is 23.8 Å². The van der Waals surface area contributed by atoms with Crippen molar-refractivity contribution in [2.45, 2.75) is 25.8 Å². The molecule has 0 radical (unpaired) electrons. The number of hydrogen-bond donors (Lipinski definition) is 1. The lowest BCUT2D eigenvalue weighted by Gasteiger charge is -2.12. The van der Waals surface area contributed by atoms with Crippen LogP contribution in [0, 0.1) is 0 Å². The Bertz CT molecular complexity index is 472. The minimum absolute atomic E-state index is 0.0739. The highest BCUT2D eigenvalue weighted by molar-refractivity contribution is 5.67. The molecule has 0 atom stereocenters. The summed E-state index contributed by atoms with van der Waals surface area (Å²) in [6.07, 6.45) is -5.51. The first kappa shape index (κ1) is 16.0. The third-order valence-corrected chi connectivity index (χ3v) is 2.03. The van der Waals surface area contributed by atoms with Crippen molar-refractivity contribution in [1.29, 1.82) is 0 Å². The second-order valence-electron chi connectivity index (χ2n) is 3.63. The fourth-order valence-electron chi connectivity index (χ4n) is 1.39. The zero-order valence-electron chi connectivity index (χ0n) is 9.79. The van der Waals surface area contributed by atoms with Crippen molar-refractivity contribution >= 4 is 5.97 Å². The number of carboxylic acid groups (broad SMARTS) is 1. The molecule has 1 N–H and O–H groups in total. The first-order chi connectivity index (χ1) is 9.15. The molecule has 0 saturated carbocycles. The van der Waals surface area contributed by atoms with Crippen molar-refractivity contribution in [2.75, 3.05) is 0 Å². The highest BCUT2D eigenvalue weighted by Crippen LogP contribution is 2.29. The van der Waals surface area contributed by atoms with Gasteiger partial charge in [0.15, 0.2) is 0 Å². The van der Waals surface area contributed by atoms with E-state index >= 15 is 0 Å². The molecule has 0 fully saturated rings. The van der Waals surface area contributed by atoms with Gasteiger partial charge in [-0.15, -0.1) is 13.2 Å². The molecule has 112 valence electrons. The van der Waals surface area contributed by atoms with Gasteiger partial charge in [0.1, 0.15) is 11.5 Å². The normalized spacial score (nSPS) is 11.5. The predicted octanol–water partition coefficient (Wildman–Crippen LogP) is 3.20. The molecule has 9 heteroatoms. The number of halogens is 5. The second-order valence-corrected chi connectivity index (χ2v) is 3.63. The van der Waals surface area contributed by atoms with Crippen LogP contribution in [0.2, 0.25) is 0 Å². The molecule has 1 rings (SSSR count). The molecule has 0 aliphatic heterocycles. The maximum atomic E-state index is 12.1. The Morgan fingerprint density at radius 3 is 2.30 bits per heavy atom. The maximum absolute atomic E-state index is 12.1. The first-order valence-electron chi connectivity index (χ1n) is 5.22. The standard InChI is InChI=1S/C11H9F5O4/c12-10(13)19-7-3-6(1-2-9(17)18)4-8(5-7)20-11(14,15)16/h3-5,10H,1-2H2,(H,17,18). The van der Waals surface area contributed by atoms with E-state index in [1.165, 1.54) is 0 Å². The number of alkyl halides is 5. The third kappa shape index (κ3) is 6.21. The molecule has 1 aromatic rings. The lowest BCUT2D eigenvalue weighted by Crippen LogP contribution is -2.17. The number of benzene rings is 1. The quantitative estimate of drug-likeness (QED) is 0.820. The van der Waals surface area contributed by atoms with Gasteiger partial charge in [-0.2, -0.15) is 8.78 Å². The lowest BCUT2D eigenvalue weighted by molar-refractivity contribution is -0.274. The highest BCUT2D eigenvalue weighted by atomic mass is 19.4. The Balaban J connectivity index is 2.97. The molecule has 0 bridgehead atoms. The van der Waals surface area contributed by atoms with Crippen LogP contribution in [0.4, 0.5) is 22.0 Å². The summed E-state index contributed by atoms with van der Waals surface area (Å²) in [5.41, 5.74) is 0.0739. The van der Waals surface area contributed by atoms with Gasteiger partial charge < -0.3 is 14.6 Å². The summed E-state index contributed by atoms with van der Waals surface area (Å²) in [7, 11) is 0. The van der Waals surface area contributed by atoms with Crippen LogP contribution >= 0.6 is 0 Å². The van der Waals surface area contributed by atoms with Crippen molar-refractivity contribution in [3.63, 3.8) is 0 Å². The number of carboxylic acids is 1. The minimum Gasteiger partial charge on any atom is -0.481 e. The molecule has 1 aromatic carbocycles. The van der Waals surface area contributed by atoms with Crippen LogP contribution < -0.4 is 9.47 Å².